The fraction of sp³-hybridized carbons (Fsp3) is 1.00. The van der Waals surface area contributed by atoms with E-state index in [4.69, 9.17) is 0 Å². The molecular formula is C14H29NO3. The zero-order valence-corrected chi connectivity index (χ0v) is 11.5. The van der Waals surface area contributed by atoms with E-state index >= 15 is 0 Å². The van der Waals surface area contributed by atoms with Gasteiger partial charge in [-0.15, -0.1) is 0 Å². The predicted molar refractivity (Wildman–Crippen MR) is 72.4 cm³/mol. The normalized spacial score (nSPS) is 32.7. The molecule has 0 aliphatic heterocycles. The van der Waals surface area contributed by atoms with Gasteiger partial charge in [0, 0.05) is 12.5 Å². The Kier molecular flexibility index (Phi) is 7.82. The fourth-order valence-electron chi connectivity index (χ4n) is 2.61. The van der Waals surface area contributed by atoms with E-state index in [0.29, 0.717) is 6.42 Å². The third-order valence-electron chi connectivity index (χ3n) is 3.78. The van der Waals surface area contributed by atoms with Gasteiger partial charge in [-0.2, -0.15) is 0 Å². The zero-order valence-electron chi connectivity index (χ0n) is 11.5. The number of rotatable bonds is 8. The van der Waals surface area contributed by atoms with Gasteiger partial charge in [-0.25, -0.2) is 0 Å². The van der Waals surface area contributed by atoms with Crippen molar-refractivity contribution in [3.8, 4) is 0 Å². The maximum atomic E-state index is 9.80. The Labute approximate surface area is 110 Å². The van der Waals surface area contributed by atoms with Gasteiger partial charge in [0.1, 0.15) is 0 Å². The highest BCUT2D eigenvalue weighted by molar-refractivity contribution is 4.90. The van der Waals surface area contributed by atoms with Gasteiger partial charge >= 0.3 is 0 Å². The summed E-state index contributed by atoms with van der Waals surface area (Å²) in [5.41, 5.74) is 0. The molecule has 4 atom stereocenters. The van der Waals surface area contributed by atoms with Crippen LogP contribution in [0.2, 0.25) is 0 Å². The SMILES string of the molecule is CCCCCCCCN[C@@H]1C[C@H](O)C[C@@H](O)[C@H]1O. The zero-order chi connectivity index (χ0) is 13.4. The van der Waals surface area contributed by atoms with E-state index in [9.17, 15) is 15.3 Å². The van der Waals surface area contributed by atoms with E-state index in [1.54, 1.807) is 0 Å². The average Bonchev–Trinajstić information content (AvgIpc) is 2.33. The molecule has 0 radical (unpaired) electrons. The summed E-state index contributed by atoms with van der Waals surface area (Å²) in [4.78, 5) is 0. The minimum atomic E-state index is -0.796. The Balaban J connectivity index is 2.07. The van der Waals surface area contributed by atoms with Gasteiger partial charge in [0.15, 0.2) is 0 Å². The summed E-state index contributed by atoms with van der Waals surface area (Å²) < 4.78 is 0. The second-order valence-electron chi connectivity index (χ2n) is 5.51. The molecule has 4 nitrogen and oxygen atoms in total. The van der Waals surface area contributed by atoms with Crippen LogP contribution in [-0.4, -0.2) is 46.2 Å². The summed E-state index contributed by atoms with van der Waals surface area (Å²) >= 11 is 0. The highest BCUT2D eigenvalue weighted by Gasteiger charge is 2.34. The van der Waals surface area contributed by atoms with Gasteiger partial charge in [-0.1, -0.05) is 39.0 Å². The van der Waals surface area contributed by atoms with Gasteiger partial charge in [0.05, 0.1) is 18.3 Å². The monoisotopic (exact) mass is 259 g/mol. The van der Waals surface area contributed by atoms with Crippen LogP contribution in [0.4, 0.5) is 0 Å². The number of hydrogen-bond acceptors (Lipinski definition) is 4. The third kappa shape index (κ3) is 5.65. The molecule has 0 aromatic carbocycles. The largest absolute Gasteiger partial charge is 0.393 e. The van der Waals surface area contributed by atoms with E-state index in [1.165, 1.54) is 32.1 Å². The Bertz CT molecular complexity index is 213. The molecule has 0 bridgehead atoms. The fourth-order valence-corrected chi connectivity index (χ4v) is 2.61. The molecule has 18 heavy (non-hydrogen) atoms. The van der Waals surface area contributed by atoms with Gasteiger partial charge in [-0.05, 0) is 19.4 Å². The standard InChI is InChI=1S/C14H29NO3/c1-2-3-4-5-6-7-8-15-12-9-11(16)10-13(17)14(12)18/h11-18H,2-10H2,1H3/t11-,12+,13+,14-/m0/s1. The summed E-state index contributed by atoms with van der Waals surface area (Å²) in [5.74, 6) is 0. The number of nitrogens with one attached hydrogen (secondary N) is 1. The molecule has 0 amide bonds. The van der Waals surface area contributed by atoms with Crippen molar-refractivity contribution in [3.63, 3.8) is 0 Å². The molecule has 0 heterocycles. The molecule has 0 aromatic rings. The summed E-state index contributed by atoms with van der Waals surface area (Å²) in [7, 11) is 0. The van der Waals surface area contributed by atoms with Crippen LogP contribution in [0.1, 0.15) is 58.3 Å². The molecule has 108 valence electrons. The first-order chi connectivity index (χ1) is 8.65. The van der Waals surface area contributed by atoms with E-state index in [-0.39, 0.29) is 12.5 Å². The average molecular weight is 259 g/mol. The van der Waals surface area contributed by atoms with E-state index in [0.717, 1.165) is 13.0 Å². The van der Waals surface area contributed by atoms with Crippen LogP contribution in [0.5, 0.6) is 0 Å². The lowest BCUT2D eigenvalue weighted by atomic mass is 9.88. The minimum absolute atomic E-state index is 0.167. The summed E-state index contributed by atoms with van der Waals surface area (Å²) in [6.45, 7) is 3.07. The van der Waals surface area contributed by atoms with E-state index in [2.05, 4.69) is 12.2 Å². The summed E-state index contributed by atoms with van der Waals surface area (Å²) in [6, 6.07) is -0.167. The number of hydrogen-bond donors (Lipinski definition) is 4. The van der Waals surface area contributed by atoms with Crippen molar-refractivity contribution in [2.75, 3.05) is 6.54 Å². The second-order valence-corrected chi connectivity index (χ2v) is 5.51. The van der Waals surface area contributed by atoms with Crippen LogP contribution in [-0.2, 0) is 0 Å². The molecule has 1 aliphatic carbocycles. The molecule has 1 fully saturated rings. The molecule has 0 spiro atoms. The van der Waals surface area contributed by atoms with Crippen molar-refractivity contribution in [2.24, 2.45) is 0 Å². The van der Waals surface area contributed by atoms with Crippen molar-refractivity contribution in [1.29, 1.82) is 0 Å². The highest BCUT2D eigenvalue weighted by Crippen LogP contribution is 2.20. The van der Waals surface area contributed by atoms with Crippen LogP contribution in [0, 0.1) is 0 Å². The van der Waals surface area contributed by atoms with Crippen LogP contribution in [0.25, 0.3) is 0 Å². The lowest BCUT2D eigenvalue weighted by Gasteiger charge is -2.35. The first kappa shape index (κ1) is 15.9. The minimum Gasteiger partial charge on any atom is -0.393 e. The van der Waals surface area contributed by atoms with Crippen molar-refractivity contribution >= 4 is 0 Å². The number of aliphatic hydroxyl groups excluding tert-OH is 3. The molecule has 1 aliphatic rings. The Morgan fingerprint density at radius 1 is 0.944 bits per heavy atom. The lowest BCUT2D eigenvalue weighted by Crippen LogP contribution is -2.53. The molecule has 1 saturated carbocycles. The van der Waals surface area contributed by atoms with Gasteiger partial charge in [0.25, 0.3) is 0 Å². The molecule has 0 aromatic heterocycles. The van der Waals surface area contributed by atoms with Gasteiger partial charge in [0.2, 0.25) is 0 Å². The molecule has 4 N–H and O–H groups in total. The maximum absolute atomic E-state index is 9.80. The van der Waals surface area contributed by atoms with Crippen LogP contribution < -0.4 is 5.32 Å². The van der Waals surface area contributed by atoms with Gasteiger partial charge < -0.3 is 20.6 Å². The Hall–Kier alpha value is -0.160. The molecule has 4 heteroatoms. The van der Waals surface area contributed by atoms with Crippen LogP contribution in [0.3, 0.4) is 0 Å². The van der Waals surface area contributed by atoms with Crippen molar-refractivity contribution < 1.29 is 15.3 Å². The second kappa shape index (κ2) is 8.86. The van der Waals surface area contributed by atoms with Crippen molar-refractivity contribution in [2.45, 2.75) is 82.6 Å². The summed E-state index contributed by atoms with van der Waals surface area (Å²) in [5, 5.41) is 32.2. The third-order valence-corrected chi connectivity index (χ3v) is 3.78. The summed E-state index contributed by atoms with van der Waals surface area (Å²) in [6.07, 6.45) is 6.25. The molecule has 0 unspecified atom stereocenters. The number of unbranched alkanes of at least 4 members (excludes halogenated alkanes) is 5. The highest BCUT2D eigenvalue weighted by atomic mass is 16.3. The topological polar surface area (TPSA) is 72.7 Å². The van der Waals surface area contributed by atoms with Gasteiger partial charge in [-0.3, -0.25) is 0 Å². The van der Waals surface area contributed by atoms with Crippen molar-refractivity contribution in [1.82, 2.24) is 5.32 Å². The first-order valence-corrected chi connectivity index (χ1v) is 7.42. The smallest absolute Gasteiger partial charge is 0.0953 e. The van der Waals surface area contributed by atoms with Crippen LogP contribution in [0.15, 0.2) is 0 Å². The molecule has 1 rings (SSSR count). The first-order valence-electron chi connectivity index (χ1n) is 7.42. The Morgan fingerprint density at radius 3 is 2.33 bits per heavy atom. The number of aliphatic hydroxyl groups is 3. The molecular weight excluding hydrogens is 230 g/mol. The predicted octanol–water partition coefficient (Wildman–Crippen LogP) is 1.18. The van der Waals surface area contributed by atoms with E-state index in [1.807, 2.05) is 0 Å². The quantitative estimate of drug-likeness (QED) is 0.494. The van der Waals surface area contributed by atoms with Crippen molar-refractivity contribution in [3.05, 3.63) is 0 Å². The van der Waals surface area contributed by atoms with Crippen LogP contribution >= 0.6 is 0 Å². The molecule has 0 saturated heterocycles. The Morgan fingerprint density at radius 2 is 1.61 bits per heavy atom. The maximum Gasteiger partial charge on any atom is 0.0953 e. The van der Waals surface area contributed by atoms with E-state index < -0.39 is 18.3 Å². The lowest BCUT2D eigenvalue weighted by molar-refractivity contribution is -0.0682.